The van der Waals surface area contributed by atoms with Gasteiger partial charge in [-0.3, -0.25) is 24.4 Å². The number of hydrogen-bond donors (Lipinski definition) is 0. The second-order valence-electron chi connectivity index (χ2n) is 8.54. The molecule has 0 atom stereocenters. The lowest BCUT2D eigenvalue weighted by atomic mass is 10.2. The minimum Gasteiger partial charge on any atom is -0.497 e. The largest absolute Gasteiger partial charge is 0.497 e. The smallest absolute Gasteiger partial charge is 0.270 e. The number of halogens is 1. The number of aromatic nitrogens is 2. The Balaban J connectivity index is 1.48. The van der Waals surface area contributed by atoms with Gasteiger partial charge in [-0.15, -0.1) is 0 Å². The average molecular weight is 490 g/mol. The Kier molecular flexibility index (Phi) is 6.34. The molecule has 1 fully saturated rings. The van der Waals surface area contributed by atoms with Crippen LogP contribution in [0.25, 0.3) is 16.6 Å². The number of nitro groups is 1. The van der Waals surface area contributed by atoms with E-state index in [2.05, 4.69) is 14.8 Å². The van der Waals surface area contributed by atoms with Crippen LogP contribution in [0.4, 0.5) is 15.8 Å². The number of non-ortho nitro benzene ring substituents is 1. The zero-order valence-electron chi connectivity index (χ0n) is 19.6. The highest BCUT2D eigenvalue weighted by Gasteiger charge is 2.22. The molecule has 0 saturated carbocycles. The fourth-order valence-electron chi connectivity index (χ4n) is 4.49. The summed E-state index contributed by atoms with van der Waals surface area (Å²) in [5.41, 5.74) is 0.709. The summed E-state index contributed by atoms with van der Waals surface area (Å²) in [5, 5.41) is 11.3. The van der Waals surface area contributed by atoms with Gasteiger partial charge in [-0.2, -0.15) is 0 Å². The van der Waals surface area contributed by atoms with E-state index in [1.807, 2.05) is 24.3 Å². The third-order valence-electron chi connectivity index (χ3n) is 6.38. The van der Waals surface area contributed by atoms with Gasteiger partial charge in [-0.1, -0.05) is 18.2 Å². The van der Waals surface area contributed by atoms with Crippen LogP contribution in [0.3, 0.4) is 0 Å². The van der Waals surface area contributed by atoms with Gasteiger partial charge in [0.05, 0.1) is 35.2 Å². The minimum atomic E-state index is -0.574. The van der Waals surface area contributed by atoms with E-state index in [1.54, 1.807) is 19.2 Å². The molecule has 0 aliphatic carbocycles. The standard InChI is InChI=1S/C26H24FN5O4/c1-36-20-6-4-5-18(15-20)30-13-11-29(12-14-30)17-25-28-23-10-9-19(32(34)35)16-21(23)26(33)31(25)24-8-3-2-7-22(24)27/h2-10,15-16H,11-14,17H2,1H3. The number of ether oxygens (including phenoxy) is 1. The van der Waals surface area contributed by atoms with Gasteiger partial charge in [0.15, 0.2) is 0 Å². The van der Waals surface area contributed by atoms with Crippen LogP contribution in [0.2, 0.25) is 0 Å². The lowest BCUT2D eigenvalue weighted by Gasteiger charge is -2.36. The van der Waals surface area contributed by atoms with E-state index in [4.69, 9.17) is 4.74 Å². The van der Waals surface area contributed by atoms with E-state index in [0.29, 0.717) is 31.0 Å². The number of piperazine rings is 1. The predicted molar refractivity (Wildman–Crippen MR) is 134 cm³/mol. The number of rotatable bonds is 6. The third-order valence-corrected chi connectivity index (χ3v) is 6.38. The van der Waals surface area contributed by atoms with Crippen LogP contribution < -0.4 is 15.2 Å². The number of hydrogen-bond acceptors (Lipinski definition) is 7. The summed E-state index contributed by atoms with van der Waals surface area (Å²) >= 11 is 0. The van der Waals surface area contributed by atoms with Crippen LogP contribution in [-0.4, -0.2) is 52.7 Å². The highest BCUT2D eigenvalue weighted by atomic mass is 19.1. The van der Waals surface area contributed by atoms with Gasteiger partial charge in [0.25, 0.3) is 11.2 Å². The Morgan fingerprint density at radius 3 is 2.53 bits per heavy atom. The van der Waals surface area contributed by atoms with E-state index in [9.17, 15) is 19.3 Å². The predicted octanol–water partition coefficient (Wildman–Crippen LogP) is 3.76. The Labute approximate surface area is 206 Å². The fourth-order valence-corrected chi connectivity index (χ4v) is 4.49. The second kappa shape index (κ2) is 9.74. The summed E-state index contributed by atoms with van der Waals surface area (Å²) in [6.45, 7) is 3.27. The van der Waals surface area contributed by atoms with E-state index in [0.717, 1.165) is 24.5 Å². The molecule has 0 spiro atoms. The molecule has 0 radical (unpaired) electrons. The van der Waals surface area contributed by atoms with Crippen molar-refractivity contribution in [2.75, 3.05) is 38.2 Å². The maximum Gasteiger partial charge on any atom is 0.270 e. The maximum atomic E-state index is 14.8. The maximum absolute atomic E-state index is 14.8. The van der Waals surface area contributed by atoms with Crippen molar-refractivity contribution >= 4 is 22.3 Å². The van der Waals surface area contributed by atoms with Gasteiger partial charge in [0.1, 0.15) is 17.4 Å². The van der Waals surface area contributed by atoms with Gasteiger partial charge in [-0.25, -0.2) is 9.37 Å². The van der Waals surface area contributed by atoms with Gasteiger partial charge in [0.2, 0.25) is 0 Å². The first-order valence-corrected chi connectivity index (χ1v) is 11.5. The van der Waals surface area contributed by atoms with Crippen molar-refractivity contribution in [1.29, 1.82) is 0 Å². The molecule has 1 aromatic heterocycles. The molecule has 10 heteroatoms. The van der Waals surface area contributed by atoms with Crippen molar-refractivity contribution in [3.05, 3.63) is 98.8 Å². The molecule has 1 aliphatic heterocycles. The zero-order valence-corrected chi connectivity index (χ0v) is 19.6. The summed E-state index contributed by atoms with van der Waals surface area (Å²) in [7, 11) is 1.64. The first-order chi connectivity index (χ1) is 17.4. The Morgan fingerprint density at radius 2 is 1.81 bits per heavy atom. The van der Waals surface area contributed by atoms with Crippen molar-refractivity contribution in [2.24, 2.45) is 0 Å². The molecular formula is C26H24FN5O4. The van der Waals surface area contributed by atoms with Crippen LogP contribution in [0, 0.1) is 15.9 Å². The molecule has 2 heterocycles. The summed E-state index contributed by atoms with van der Waals surface area (Å²) in [4.78, 5) is 33.3. The Bertz CT molecular complexity index is 1500. The first kappa shape index (κ1) is 23.4. The number of nitrogens with zero attached hydrogens (tertiary/aromatic N) is 5. The van der Waals surface area contributed by atoms with Crippen molar-refractivity contribution in [1.82, 2.24) is 14.5 Å². The number of benzene rings is 3. The van der Waals surface area contributed by atoms with Crippen molar-refractivity contribution < 1.29 is 14.1 Å². The van der Waals surface area contributed by atoms with Gasteiger partial charge in [0, 0.05) is 50.1 Å². The molecular weight excluding hydrogens is 465 g/mol. The molecule has 0 unspecified atom stereocenters. The molecule has 1 saturated heterocycles. The van der Waals surface area contributed by atoms with Crippen LogP contribution in [0.15, 0.2) is 71.5 Å². The van der Waals surface area contributed by atoms with Crippen molar-refractivity contribution in [3.63, 3.8) is 0 Å². The monoisotopic (exact) mass is 489 g/mol. The second-order valence-corrected chi connectivity index (χ2v) is 8.54. The van der Waals surface area contributed by atoms with E-state index < -0.39 is 16.3 Å². The molecule has 36 heavy (non-hydrogen) atoms. The van der Waals surface area contributed by atoms with E-state index in [-0.39, 0.29) is 16.8 Å². The number of nitro benzene ring substituents is 1. The number of anilines is 1. The molecule has 1 aliphatic rings. The highest BCUT2D eigenvalue weighted by molar-refractivity contribution is 5.80. The third kappa shape index (κ3) is 4.50. The number of fused-ring (bicyclic) bond motifs is 1. The highest BCUT2D eigenvalue weighted by Crippen LogP contribution is 2.24. The molecule has 0 bridgehead atoms. The topological polar surface area (TPSA) is 93.7 Å². The van der Waals surface area contributed by atoms with Crippen molar-refractivity contribution in [3.8, 4) is 11.4 Å². The first-order valence-electron chi connectivity index (χ1n) is 11.5. The summed E-state index contributed by atoms with van der Waals surface area (Å²) < 4.78 is 21.4. The molecule has 3 aromatic carbocycles. The van der Waals surface area contributed by atoms with Gasteiger partial charge >= 0.3 is 0 Å². The Morgan fingerprint density at radius 1 is 1.03 bits per heavy atom. The van der Waals surface area contributed by atoms with Gasteiger partial charge in [-0.05, 0) is 30.3 Å². The van der Waals surface area contributed by atoms with Crippen LogP contribution in [0.1, 0.15) is 5.82 Å². The Hall–Kier alpha value is -4.31. The normalized spacial score (nSPS) is 14.2. The van der Waals surface area contributed by atoms with Crippen molar-refractivity contribution in [2.45, 2.75) is 6.54 Å². The molecule has 9 nitrogen and oxygen atoms in total. The fraction of sp³-hybridized carbons (Fsp3) is 0.231. The molecule has 4 aromatic rings. The molecule has 0 N–H and O–H groups in total. The van der Waals surface area contributed by atoms with Crippen LogP contribution in [0.5, 0.6) is 5.75 Å². The van der Waals surface area contributed by atoms with Crippen LogP contribution >= 0.6 is 0 Å². The van der Waals surface area contributed by atoms with E-state index in [1.165, 1.54) is 34.9 Å². The lowest BCUT2D eigenvalue weighted by Crippen LogP contribution is -2.46. The number of methoxy groups -OCH3 is 1. The molecule has 5 rings (SSSR count). The SMILES string of the molecule is COc1cccc(N2CCN(Cc3nc4ccc([N+](=O)[O-])cc4c(=O)n3-c3ccccc3F)CC2)c1. The minimum absolute atomic E-state index is 0.0634. The zero-order chi connectivity index (χ0) is 25.2. The summed E-state index contributed by atoms with van der Waals surface area (Å²) in [6.07, 6.45) is 0. The average Bonchev–Trinajstić information content (AvgIpc) is 2.90. The molecule has 184 valence electrons. The number of para-hydroxylation sites is 1. The summed E-state index contributed by atoms with van der Waals surface area (Å²) in [6, 6.07) is 17.8. The van der Waals surface area contributed by atoms with E-state index >= 15 is 0 Å². The summed E-state index contributed by atoms with van der Waals surface area (Å²) in [5.74, 6) is 0.598. The lowest BCUT2D eigenvalue weighted by molar-refractivity contribution is -0.384. The van der Waals surface area contributed by atoms with Gasteiger partial charge < -0.3 is 9.64 Å². The van der Waals surface area contributed by atoms with Crippen LogP contribution in [-0.2, 0) is 6.54 Å². The molecule has 0 amide bonds. The quantitative estimate of drug-likeness (QED) is 0.301.